The molecule has 0 aliphatic heterocycles. The minimum absolute atomic E-state index is 0.132. The topological polar surface area (TPSA) is 65.1 Å². The van der Waals surface area contributed by atoms with Crippen LogP contribution in [0.4, 0.5) is 5.69 Å². The zero-order valence-corrected chi connectivity index (χ0v) is 13.9. The second-order valence-corrected chi connectivity index (χ2v) is 5.80. The van der Waals surface area contributed by atoms with Crippen LogP contribution in [0.1, 0.15) is 18.9 Å². The Morgan fingerprint density at radius 3 is 2.60 bits per heavy atom. The summed E-state index contributed by atoms with van der Waals surface area (Å²) in [5, 5.41) is 12.1. The minimum Gasteiger partial charge on any atom is -0.409 e. The summed E-state index contributed by atoms with van der Waals surface area (Å²) in [7, 11) is 4.13. The molecule has 5 nitrogen and oxygen atoms in total. The highest BCUT2D eigenvalue weighted by molar-refractivity contribution is 9.10. The van der Waals surface area contributed by atoms with E-state index in [1.165, 1.54) is 0 Å². The molecule has 1 rings (SSSR count). The SMILES string of the molecule is CCN(CCCN(C)C)c1ccc(Br)cc1/C(N)=N/O. The Labute approximate surface area is 129 Å². The normalized spacial score (nSPS) is 11.9. The van der Waals surface area contributed by atoms with Crippen LogP contribution >= 0.6 is 15.9 Å². The second-order valence-electron chi connectivity index (χ2n) is 4.88. The van der Waals surface area contributed by atoms with Crippen LogP contribution in [0, 0.1) is 0 Å². The summed E-state index contributed by atoms with van der Waals surface area (Å²) in [5.74, 6) is 0.132. The lowest BCUT2D eigenvalue weighted by atomic mass is 10.1. The van der Waals surface area contributed by atoms with Crippen LogP contribution in [0.15, 0.2) is 27.8 Å². The second kappa shape index (κ2) is 8.11. The molecule has 6 heteroatoms. The number of rotatable bonds is 7. The van der Waals surface area contributed by atoms with Crippen molar-refractivity contribution in [2.45, 2.75) is 13.3 Å². The lowest BCUT2D eigenvalue weighted by Crippen LogP contribution is -2.29. The molecule has 0 spiro atoms. The van der Waals surface area contributed by atoms with E-state index in [0.717, 1.165) is 41.8 Å². The van der Waals surface area contributed by atoms with E-state index < -0.39 is 0 Å². The first-order valence-corrected chi connectivity index (χ1v) is 7.46. The van der Waals surface area contributed by atoms with Crippen molar-refractivity contribution in [2.75, 3.05) is 38.6 Å². The smallest absolute Gasteiger partial charge is 0.172 e. The lowest BCUT2D eigenvalue weighted by molar-refractivity contribution is 0.318. The summed E-state index contributed by atoms with van der Waals surface area (Å²) in [6.45, 7) is 4.95. The summed E-state index contributed by atoms with van der Waals surface area (Å²) in [5.41, 5.74) is 7.51. The highest BCUT2D eigenvalue weighted by Gasteiger charge is 2.13. The first-order valence-electron chi connectivity index (χ1n) is 6.66. The van der Waals surface area contributed by atoms with Gasteiger partial charge in [-0.1, -0.05) is 21.1 Å². The summed E-state index contributed by atoms with van der Waals surface area (Å²) < 4.78 is 0.909. The van der Waals surface area contributed by atoms with Gasteiger partial charge in [0.1, 0.15) is 0 Å². The minimum atomic E-state index is 0.132. The van der Waals surface area contributed by atoms with E-state index in [2.05, 4.69) is 51.9 Å². The molecule has 0 bridgehead atoms. The molecular formula is C14H23BrN4O. The van der Waals surface area contributed by atoms with Crippen LogP contribution in [0.5, 0.6) is 0 Å². The van der Waals surface area contributed by atoms with E-state index in [-0.39, 0.29) is 5.84 Å². The van der Waals surface area contributed by atoms with Crippen LogP contribution in [-0.4, -0.2) is 49.7 Å². The summed E-state index contributed by atoms with van der Waals surface area (Å²) in [6.07, 6.45) is 1.06. The standard InChI is InChI=1S/C14H23BrN4O/c1-4-19(9-5-8-18(2)3)13-7-6-11(15)10-12(13)14(16)17-20/h6-7,10,20H,4-5,8-9H2,1-3H3,(H2,16,17). The van der Waals surface area contributed by atoms with Gasteiger partial charge in [-0.25, -0.2) is 0 Å². The number of hydrogen-bond donors (Lipinski definition) is 2. The van der Waals surface area contributed by atoms with Crippen molar-refractivity contribution in [3.8, 4) is 0 Å². The quantitative estimate of drug-likeness (QED) is 0.345. The molecule has 0 aliphatic carbocycles. The fourth-order valence-electron chi connectivity index (χ4n) is 2.07. The van der Waals surface area contributed by atoms with Gasteiger partial charge in [0.05, 0.1) is 0 Å². The van der Waals surface area contributed by atoms with Crippen LogP contribution in [0.25, 0.3) is 0 Å². The Balaban J connectivity index is 2.96. The molecule has 0 heterocycles. The number of halogens is 1. The van der Waals surface area contributed by atoms with Crippen molar-refractivity contribution in [3.63, 3.8) is 0 Å². The first-order chi connectivity index (χ1) is 9.49. The van der Waals surface area contributed by atoms with Gasteiger partial charge in [0, 0.05) is 28.8 Å². The molecule has 0 aliphatic rings. The molecule has 112 valence electrons. The average Bonchev–Trinajstić information content (AvgIpc) is 2.43. The Bertz CT molecular complexity index is 462. The van der Waals surface area contributed by atoms with E-state index in [0.29, 0.717) is 0 Å². The van der Waals surface area contributed by atoms with E-state index in [4.69, 9.17) is 10.9 Å². The van der Waals surface area contributed by atoms with Gasteiger partial charge in [-0.05, 0) is 52.2 Å². The Hall–Kier alpha value is -1.27. The average molecular weight is 343 g/mol. The maximum atomic E-state index is 8.93. The van der Waals surface area contributed by atoms with E-state index in [9.17, 15) is 0 Å². The van der Waals surface area contributed by atoms with Crippen molar-refractivity contribution in [2.24, 2.45) is 10.9 Å². The molecule has 0 atom stereocenters. The number of nitrogens with two attached hydrogens (primary N) is 1. The molecular weight excluding hydrogens is 320 g/mol. The van der Waals surface area contributed by atoms with Crippen molar-refractivity contribution in [3.05, 3.63) is 28.2 Å². The monoisotopic (exact) mass is 342 g/mol. The van der Waals surface area contributed by atoms with Crippen LogP contribution < -0.4 is 10.6 Å². The predicted molar refractivity (Wildman–Crippen MR) is 87.7 cm³/mol. The summed E-state index contributed by atoms with van der Waals surface area (Å²) in [6, 6.07) is 5.84. The van der Waals surface area contributed by atoms with Gasteiger partial charge >= 0.3 is 0 Å². The highest BCUT2D eigenvalue weighted by atomic mass is 79.9. The third kappa shape index (κ3) is 4.68. The number of benzene rings is 1. The summed E-state index contributed by atoms with van der Waals surface area (Å²) >= 11 is 3.42. The number of nitrogens with zero attached hydrogens (tertiary/aromatic N) is 3. The zero-order chi connectivity index (χ0) is 15.1. The molecule has 1 aromatic rings. The van der Waals surface area contributed by atoms with Crippen LogP contribution in [-0.2, 0) is 0 Å². The van der Waals surface area contributed by atoms with Gasteiger partial charge in [-0.15, -0.1) is 0 Å². The van der Waals surface area contributed by atoms with E-state index >= 15 is 0 Å². The molecule has 0 radical (unpaired) electrons. The predicted octanol–water partition coefficient (Wildman–Crippen LogP) is 2.32. The number of oxime groups is 1. The highest BCUT2D eigenvalue weighted by Crippen LogP contribution is 2.24. The van der Waals surface area contributed by atoms with Gasteiger partial charge < -0.3 is 20.7 Å². The molecule has 20 heavy (non-hydrogen) atoms. The van der Waals surface area contributed by atoms with Gasteiger partial charge in [0.25, 0.3) is 0 Å². The number of anilines is 1. The maximum Gasteiger partial charge on any atom is 0.172 e. The van der Waals surface area contributed by atoms with Gasteiger partial charge in [0.15, 0.2) is 5.84 Å². The van der Waals surface area contributed by atoms with E-state index in [1.54, 1.807) is 0 Å². The number of amidine groups is 1. The van der Waals surface area contributed by atoms with Crippen LogP contribution in [0.2, 0.25) is 0 Å². The molecule has 1 aromatic carbocycles. The Kier molecular flexibility index (Phi) is 6.81. The third-order valence-corrected chi connectivity index (χ3v) is 3.59. The Morgan fingerprint density at radius 2 is 2.05 bits per heavy atom. The molecule has 0 unspecified atom stereocenters. The molecule has 0 saturated heterocycles. The maximum absolute atomic E-state index is 8.93. The zero-order valence-electron chi connectivity index (χ0n) is 12.3. The molecule has 0 fully saturated rings. The van der Waals surface area contributed by atoms with Crippen LogP contribution in [0.3, 0.4) is 0 Å². The molecule has 0 amide bonds. The largest absolute Gasteiger partial charge is 0.409 e. The number of hydrogen-bond acceptors (Lipinski definition) is 4. The van der Waals surface area contributed by atoms with Crippen molar-refractivity contribution >= 4 is 27.5 Å². The first kappa shape index (κ1) is 16.8. The third-order valence-electron chi connectivity index (χ3n) is 3.10. The lowest BCUT2D eigenvalue weighted by Gasteiger charge is -2.26. The van der Waals surface area contributed by atoms with Gasteiger partial charge in [-0.2, -0.15) is 0 Å². The van der Waals surface area contributed by atoms with Crippen molar-refractivity contribution in [1.29, 1.82) is 0 Å². The van der Waals surface area contributed by atoms with E-state index in [1.807, 2.05) is 18.2 Å². The fourth-order valence-corrected chi connectivity index (χ4v) is 2.43. The van der Waals surface area contributed by atoms with Crippen molar-refractivity contribution < 1.29 is 5.21 Å². The Morgan fingerprint density at radius 1 is 1.35 bits per heavy atom. The molecule has 0 saturated carbocycles. The molecule has 0 aromatic heterocycles. The molecule has 3 N–H and O–H groups in total. The van der Waals surface area contributed by atoms with Gasteiger partial charge in [-0.3, -0.25) is 0 Å². The van der Waals surface area contributed by atoms with Gasteiger partial charge in [0.2, 0.25) is 0 Å². The fraction of sp³-hybridized carbons (Fsp3) is 0.500. The summed E-state index contributed by atoms with van der Waals surface area (Å²) in [4.78, 5) is 4.41. The van der Waals surface area contributed by atoms with Crippen molar-refractivity contribution in [1.82, 2.24) is 4.90 Å².